The first-order valence-corrected chi connectivity index (χ1v) is 7.26. The van der Waals surface area contributed by atoms with Gasteiger partial charge in [0.25, 0.3) is 0 Å². The van der Waals surface area contributed by atoms with E-state index in [1.165, 1.54) is 16.7 Å². The lowest BCUT2D eigenvalue weighted by Gasteiger charge is -2.29. The Morgan fingerprint density at radius 2 is 1.90 bits per heavy atom. The Bertz CT molecular complexity index is 684. The van der Waals surface area contributed by atoms with Gasteiger partial charge in [-0.3, -0.25) is 4.90 Å². The Morgan fingerprint density at radius 1 is 1.00 bits per heavy atom. The van der Waals surface area contributed by atoms with Gasteiger partial charge in [-0.05, 0) is 47.4 Å². The zero-order chi connectivity index (χ0) is 14.2. The highest BCUT2D eigenvalue weighted by Gasteiger charge is 2.18. The third kappa shape index (κ3) is 2.43. The maximum Gasteiger partial charge on any atom is 0.231 e. The Kier molecular flexibility index (Phi) is 2.97. The van der Waals surface area contributed by atoms with E-state index in [9.17, 15) is 0 Å². The van der Waals surface area contributed by atoms with Gasteiger partial charge in [0.15, 0.2) is 11.5 Å². The molecule has 0 saturated heterocycles. The summed E-state index contributed by atoms with van der Waals surface area (Å²) < 4.78 is 10.8. The topological polar surface area (TPSA) is 47.7 Å². The van der Waals surface area contributed by atoms with Crippen LogP contribution >= 0.6 is 0 Å². The van der Waals surface area contributed by atoms with Gasteiger partial charge in [0, 0.05) is 25.3 Å². The highest BCUT2D eigenvalue weighted by molar-refractivity contribution is 5.46. The van der Waals surface area contributed by atoms with Crippen LogP contribution in [0.1, 0.15) is 16.7 Å². The molecule has 0 bridgehead atoms. The highest BCUT2D eigenvalue weighted by Crippen LogP contribution is 2.33. The number of nitrogen functional groups attached to an aromatic ring is 1. The predicted molar refractivity (Wildman–Crippen MR) is 81.2 cm³/mol. The first-order valence-electron chi connectivity index (χ1n) is 7.26. The van der Waals surface area contributed by atoms with Crippen LogP contribution in [-0.2, 0) is 19.5 Å². The lowest BCUT2D eigenvalue weighted by molar-refractivity contribution is 0.174. The first-order chi connectivity index (χ1) is 10.3. The summed E-state index contributed by atoms with van der Waals surface area (Å²) in [5.74, 6) is 1.70. The van der Waals surface area contributed by atoms with E-state index in [0.29, 0.717) is 6.79 Å². The largest absolute Gasteiger partial charge is 0.454 e. The van der Waals surface area contributed by atoms with Crippen molar-refractivity contribution in [3.8, 4) is 11.5 Å². The van der Waals surface area contributed by atoms with Crippen molar-refractivity contribution in [3.63, 3.8) is 0 Å². The number of ether oxygens (including phenoxy) is 2. The average Bonchev–Trinajstić information content (AvgIpc) is 2.95. The van der Waals surface area contributed by atoms with Gasteiger partial charge in [-0.25, -0.2) is 0 Å². The molecule has 108 valence electrons. The fourth-order valence-electron chi connectivity index (χ4n) is 3.06. The molecule has 4 nitrogen and oxygen atoms in total. The Hall–Kier alpha value is -2.20. The Labute approximate surface area is 124 Å². The van der Waals surface area contributed by atoms with Crippen molar-refractivity contribution >= 4 is 5.69 Å². The van der Waals surface area contributed by atoms with Gasteiger partial charge in [0.2, 0.25) is 6.79 Å². The molecular weight excluding hydrogens is 264 g/mol. The number of hydrogen-bond acceptors (Lipinski definition) is 4. The summed E-state index contributed by atoms with van der Waals surface area (Å²) in [5.41, 5.74) is 10.7. The third-order valence-electron chi connectivity index (χ3n) is 4.16. The van der Waals surface area contributed by atoms with Crippen LogP contribution < -0.4 is 15.2 Å². The van der Waals surface area contributed by atoms with Crippen LogP contribution in [0, 0.1) is 0 Å². The van der Waals surface area contributed by atoms with E-state index in [-0.39, 0.29) is 0 Å². The van der Waals surface area contributed by atoms with Gasteiger partial charge in [0.1, 0.15) is 0 Å². The van der Waals surface area contributed by atoms with Gasteiger partial charge in [-0.1, -0.05) is 12.1 Å². The van der Waals surface area contributed by atoms with E-state index in [2.05, 4.69) is 29.2 Å². The quantitative estimate of drug-likeness (QED) is 0.860. The zero-order valence-corrected chi connectivity index (χ0v) is 11.8. The maximum atomic E-state index is 5.85. The summed E-state index contributed by atoms with van der Waals surface area (Å²) in [6.07, 6.45) is 1.06. The molecule has 2 aromatic carbocycles. The van der Waals surface area contributed by atoms with Gasteiger partial charge in [-0.2, -0.15) is 0 Å². The Morgan fingerprint density at radius 3 is 2.86 bits per heavy atom. The lowest BCUT2D eigenvalue weighted by atomic mass is 9.98. The fraction of sp³-hybridized carbons (Fsp3) is 0.294. The van der Waals surface area contributed by atoms with Crippen molar-refractivity contribution in [1.82, 2.24) is 4.90 Å². The smallest absolute Gasteiger partial charge is 0.231 e. The second kappa shape index (κ2) is 4.97. The van der Waals surface area contributed by atoms with E-state index in [4.69, 9.17) is 15.2 Å². The molecule has 2 aliphatic rings. The normalized spacial score (nSPS) is 16.8. The number of nitrogens with zero attached hydrogens (tertiary/aromatic N) is 1. The van der Waals surface area contributed by atoms with E-state index in [1.54, 1.807) is 0 Å². The van der Waals surface area contributed by atoms with Gasteiger partial charge in [-0.15, -0.1) is 0 Å². The van der Waals surface area contributed by atoms with Crippen molar-refractivity contribution in [2.75, 3.05) is 19.1 Å². The van der Waals surface area contributed by atoms with Crippen LogP contribution in [0.4, 0.5) is 5.69 Å². The summed E-state index contributed by atoms with van der Waals surface area (Å²) in [4.78, 5) is 2.45. The molecule has 0 unspecified atom stereocenters. The molecule has 0 atom stereocenters. The van der Waals surface area contributed by atoms with Crippen molar-refractivity contribution in [1.29, 1.82) is 0 Å². The monoisotopic (exact) mass is 282 g/mol. The molecule has 0 fully saturated rings. The second-order valence-electron chi connectivity index (χ2n) is 5.68. The molecule has 0 saturated carbocycles. The predicted octanol–water partition coefficient (Wildman–Crippen LogP) is 2.56. The standard InChI is InChI=1S/C17H18N2O2/c18-15-3-2-14-10-19(6-5-13(14)8-15)9-12-1-4-16-17(7-12)21-11-20-16/h1-4,7-8H,5-6,9-11,18H2. The maximum absolute atomic E-state index is 5.85. The van der Waals surface area contributed by atoms with E-state index >= 15 is 0 Å². The molecule has 4 rings (SSSR count). The highest BCUT2D eigenvalue weighted by atomic mass is 16.7. The fourth-order valence-corrected chi connectivity index (χ4v) is 3.06. The van der Waals surface area contributed by atoms with Gasteiger partial charge >= 0.3 is 0 Å². The van der Waals surface area contributed by atoms with Crippen LogP contribution in [0.3, 0.4) is 0 Å². The SMILES string of the molecule is Nc1ccc2c(c1)CCN(Cc1ccc3c(c1)OCO3)C2. The number of rotatable bonds is 2. The van der Waals surface area contributed by atoms with Gasteiger partial charge in [0.05, 0.1) is 0 Å². The number of fused-ring (bicyclic) bond motifs is 2. The number of nitrogens with two attached hydrogens (primary N) is 1. The molecule has 21 heavy (non-hydrogen) atoms. The van der Waals surface area contributed by atoms with E-state index in [1.807, 2.05) is 12.1 Å². The lowest BCUT2D eigenvalue weighted by Crippen LogP contribution is -2.30. The van der Waals surface area contributed by atoms with Crippen LogP contribution in [0.25, 0.3) is 0 Å². The molecule has 0 spiro atoms. The molecule has 0 aromatic heterocycles. The molecule has 4 heteroatoms. The van der Waals surface area contributed by atoms with E-state index in [0.717, 1.165) is 43.2 Å². The van der Waals surface area contributed by atoms with Crippen LogP contribution in [0.15, 0.2) is 36.4 Å². The average molecular weight is 282 g/mol. The summed E-state index contributed by atoms with van der Waals surface area (Å²) in [6, 6.07) is 12.4. The van der Waals surface area contributed by atoms with Gasteiger partial charge < -0.3 is 15.2 Å². The van der Waals surface area contributed by atoms with Crippen molar-refractivity contribution < 1.29 is 9.47 Å². The molecule has 2 aliphatic heterocycles. The van der Waals surface area contributed by atoms with Crippen molar-refractivity contribution in [2.45, 2.75) is 19.5 Å². The van der Waals surface area contributed by atoms with E-state index < -0.39 is 0 Å². The molecule has 2 aromatic rings. The summed E-state index contributed by atoms with van der Waals surface area (Å²) in [5, 5.41) is 0. The van der Waals surface area contributed by atoms with Crippen molar-refractivity contribution in [2.24, 2.45) is 0 Å². The number of benzene rings is 2. The molecule has 0 radical (unpaired) electrons. The molecule has 2 N–H and O–H groups in total. The van der Waals surface area contributed by atoms with Crippen LogP contribution in [0.2, 0.25) is 0 Å². The van der Waals surface area contributed by atoms with Crippen LogP contribution in [-0.4, -0.2) is 18.2 Å². The number of anilines is 1. The molecular formula is C17H18N2O2. The summed E-state index contributed by atoms with van der Waals surface area (Å²) >= 11 is 0. The number of hydrogen-bond donors (Lipinski definition) is 1. The van der Waals surface area contributed by atoms with Crippen molar-refractivity contribution in [3.05, 3.63) is 53.1 Å². The third-order valence-corrected chi connectivity index (χ3v) is 4.16. The minimum absolute atomic E-state index is 0.331. The minimum atomic E-state index is 0.331. The molecule has 0 amide bonds. The van der Waals surface area contributed by atoms with Crippen LogP contribution in [0.5, 0.6) is 11.5 Å². The zero-order valence-electron chi connectivity index (χ0n) is 11.8. The Balaban J connectivity index is 1.50. The summed E-state index contributed by atoms with van der Waals surface area (Å²) in [7, 11) is 0. The molecule has 2 heterocycles. The summed E-state index contributed by atoms with van der Waals surface area (Å²) in [6.45, 7) is 3.30. The molecule has 0 aliphatic carbocycles. The second-order valence-corrected chi connectivity index (χ2v) is 5.68. The minimum Gasteiger partial charge on any atom is -0.454 e. The first kappa shape index (κ1) is 12.5.